The van der Waals surface area contributed by atoms with Crippen molar-refractivity contribution in [3.05, 3.63) is 0 Å². The zero-order chi connectivity index (χ0) is 10.2. The normalized spacial score (nSPS) is 27.6. The van der Waals surface area contributed by atoms with Gasteiger partial charge in [0.05, 0.1) is 16.9 Å². The summed E-state index contributed by atoms with van der Waals surface area (Å²) in [6.07, 6.45) is 6.67. The van der Waals surface area contributed by atoms with Gasteiger partial charge in [-0.05, 0) is 25.7 Å². The van der Waals surface area contributed by atoms with Crippen molar-refractivity contribution in [2.24, 2.45) is 16.6 Å². The number of primary amides is 1. The van der Waals surface area contributed by atoms with Crippen LogP contribution in [-0.2, 0) is 4.79 Å². The summed E-state index contributed by atoms with van der Waals surface area (Å²) < 4.78 is 0. The molecule has 0 aromatic heterocycles. The summed E-state index contributed by atoms with van der Waals surface area (Å²) in [5.74, 6) is -0.240. The maximum atomic E-state index is 11.6. The third kappa shape index (κ3) is 1.06. The van der Waals surface area contributed by atoms with E-state index in [0.29, 0.717) is 0 Å². The minimum atomic E-state index is -0.486. The molecule has 0 heterocycles. The number of nitrogens with two attached hydrogens (primary N) is 1. The number of hydrogen-bond donors (Lipinski definition) is 1. The molecule has 0 saturated heterocycles. The van der Waals surface area contributed by atoms with Gasteiger partial charge < -0.3 is 5.73 Å². The number of amides is 1. The monoisotopic (exact) mass is 192 g/mol. The quantitative estimate of drug-likeness (QED) is 0.724. The summed E-state index contributed by atoms with van der Waals surface area (Å²) in [4.78, 5) is 11.6. The fraction of sp³-hybridized carbons (Fsp3) is 0.818. The lowest BCUT2D eigenvalue weighted by atomic mass is 9.63. The molecule has 2 aliphatic carbocycles. The first-order chi connectivity index (χ1) is 6.67. The average Bonchev–Trinajstić information content (AvgIpc) is 2.99. The highest BCUT2D eigenvalue weighted by atomic mass is 16.1. The molecule has 1 amide bonds. The van der Waals surface area contributed by atoms with Crippen LogP contribution in [0.15, 0.2) is 0 Å². The van der Waals surface area contributed by atoms with Gasteiger partial charge in [0.25, 0.3) is 0 Å². The van der Waals surface area contributed by atoms with E-state index in [4.69, 9.17) is 11.0 Å². The van der Waals surface area contributed by atoms with E-state index < -0.39 is 5.41 Å². The Morgan fingerprint density at radius 3 is 2.07 bits per heavy atom. The van der Waals surface area contributed by atoms with Gasteiger partial charge in [-0.3, -0.25) is 4.79 Å². The van der Waals surface area contributed by atoms with Gasteiger partial charge in [-0.25, -0.2) is 0 Å². The first-order valence-corrected chi connectivity index (χ1v) is 5.38. The van der Waals surface area contributed by atoms with Crippen LogP contribution in [0, 0.1) is 22.2 Å². The van der Waals surface area contributed by atoms with Crippen LogP contribution >= 0.6 is 0 Å². The fourth-order valence-electron chi connectivity index (χ4n) is 2.94. The molecule has 2 N–H and O–H groups in total. The third-order valence-corrected chi connectivity index (χ3v) is 4.06. The lowest BCUT2D eigenvalue weighted by molar-refractivity contribution is -0.132. The second-order valence-corrected chi connectivity index (χ2v) is 4.70. The van der Waals surface area contributed by atoms with E-state index in [9.17, 15) is 4.79 Å². The minimum absolute atomic E-state index is 0.240. The van der Waals surface area contributed by atoms with E-state index in [1.807, 2.05) is 0 Å². The SMILES string of the molecule is N#CC1(C2(C(N)=O)CCCCC2)CC1. The predicted octanol–water partition coefficient (Wildman–Crippen LogP) is 1.73. The Kier molecular flexibility index (Phi) is 2.02. The molecule has 0 spiro atoms. The molecule has 2 aliphatic rings. The van der Waals surface area contributed by atoms with Crippen LogP contribution < -0.4 is 5.73 Å². The molecule has 2 saturated carbocycles. The summed E-state index contributed by atoms with van der Waals surface area (Å²) in [7, 11) is 0. The highest BCUT2D eigenvalue weighted by Crippen LogP contribution is 2.63. The Labute approximate surface area is 84.3 Å². The van der Waals surface area contributed by atoms with E-state index in [1.54, 1.807) is 0 Å². The number of hydrogen-bond acceptors (Lipinski definition) is 2. The summed E-state index contributed by atoms with van der Waals surface area (Å²) in [5.41, 5.74) is 4.64. The molecule has 0 aromatic rings. The Morgan fingerprint density at radius 1 is 1.14 bits per heavy atom. The molecular formula is C11H16N2O. The fourth-order valence-corrected chi connectivity index (χ4v) is 2.94. The van der Waals surface area contributed by atoms with E-state index in [2.05, 4.69) is 6.07 Å². The largest absolute Gasteiger partial charge is 0.369 e. The number of carbonyl (C=O) groups is 1. The molecule has 76 valence electrons. The highest BCUT2D eigenvalue weighted by Gasteiger charge is 2.62. The third-order valence-electron chi connectivity index (χ3n) is 4.06. The lowest BCUT2D eigenvalue weighted by Gasteiger charge is -2.38. The zero-order valence-electron chi connectivity index (χ0n) is 8.38. The van der Waals surface area contributed by atoms with Crippen molar-refractivity contribution in [2.45, 2.75) is 44.9 Å². The van der Waals surface area contributed by atoms with Crippen molar-refractivity contribution in [1.82, 2.24) is 0 Å². The molecule has 0 unspecified atom stereocenters. The standard InChI is InChI=1S/C11H16N2O/c12-8-10(6-7-10)11(9(13)14)4-2-1-3-5-11/h1-7H2,(H2,13,14). The van der Waals surface area contributed by atoms with Crippen LogP contribution in [-0.4, -0.2) is 5.91 Å². The summed E-state index contributed by atoms with van der Waals surface area (Å²) in [6.45, 7) is 0. The Hall–Kier alpha value is -1.04. The minimum Gasteiger partial charge on any atom is -0.369 e. The van der Waals surface area contributed by atoms with E-state index in [1.165, 1.54) is 6.42 Å². The molecule has 3 heteroatoms. The average molecular weight is 192 g/mol. The number of nitrogens with zero attached hydrogens (tertiary/aromatic N) is 1. The van der Waals surface area contributed by atoms with Crippen LogP contribution in [0.25, 0.3) is 0 Å². The molecule has 0 aromatic carbocycles. The maximum Gasteiger partial charge on any atom is 0.225 e. The Morgan fingerprint density at radius 2 is 1.71 bits per heavy atom. The van der Waals surface area contributed by atoms with Crippen molar-refractivity contribution in [1.29, 1.82) is 5.26 Å². The molecular weight excluding hydrogens is 176 g/mol. The van der Waals surface area contributed by atoms with Gasteiger partial charge in [0, 0.05) is 0 Å². The van der Waals surface area contributed by atoms with Crippen molar-refractivity contribution in [3.63, 3.8) is 0 Å². The molecule has 14 heavy (non-hydrogen) atoms. The van der Waals surface area contributed by atoms with Crippen molar-refractivity contribution in [2.75, 3.05) is 0 Å². The topological polar surface area (TPSA) is 66.9 Å². The van der Waals surface area contributed by atoms with Gasteiger partial charge >= 0.3 is 0 Å². The van der Waals surface area contributed by atoms with Crippen LogP contribution in [0.1, 0.15) is 44.9 Å². The van der Waals surface area contributed by atoms with Crippen LogP contribution in [0.5, 0.6) is 0 Å². The molecule has 0 aliphatic heterocycles. The predicted molar refractivity (Wildman–Crippen MR) is 52.0 cm³/mol. The molecule has 2 fully saturated rings. The van der Waals surface area contributed by atoms with Crippen LogP contribution in [0.3, 0.4) is 0 Å². The van der Waals surface area contributed by atoms with Gasteiger partial charge in [-0.15, -0.1) is 0 Å². The Bertz CT molecular complexity index is 293. The molecule has 0 bridgehead atoms. The Balaban J connectivity index is 2.31. The zero-order valence-corrected chi connectivity index (χ0v) is 8.38. The van der Waals surface area contributed by atoms with Crippen molar-refractivity contribution < 1.29 is 4.79 Å². The maximum absolute atomic E-state index is 11.6. The highest BCUT2D eigenvalue weighted by molar-refractivity contribution is 5.83. The van der Waals surface area contributed by atoms with Crippen molar-refractivity contribution >= 4 is 5.91 Å². The van der Waals surface area contributed by atoms with Crippen LogP contribution in [0.4, 0.5) is 0 Å². The number of carbonyl (C=O) groups excluding carboxylic acids is 1. The van der Waals surface area contributed by atoms with E-state index in [-0.39, 0.29) is 11.3 Å². The summed E-state index contributed by atoms with van der Waals surface area (Å²) in [5, 5.41) is 9.17. The van der Waals surface area contributed by atoms with Gasteiger partial charge in [0.2, 0.25) is 5.91 Å². The second kappa shape index (κ2) is 2.98. The number of rotatable bonds is 2. The summed E-state index contributed by atoms with van der Waals surface area (Å²) in [6, 6.07) is 2.34. The van der Waals surface area contributed by atoms with E-state index >= 15 is 0 Å². The number of nitriles is 1. The second-order valence-electron chi connectivity index (χ2n) is 4.70. The van der Waals surface area contributed by atoms with Crippen molar-refractivity contribution in [3.8, 4) is 6.07 Å². The first kappa shape index (κ1) is 9.51. The molecule has 2 rings (SSSR count). The van der Waals surface area contributed by atoms with Gasteiger partial charge in [-0.2, -0.15) is 5.26 Å². The first-order valence-electron chi connectivity index (χ1n) is 5.38. The van der Waals surface area contributed by atoms with E-state index in [0.717, 1.165) is 38.5 Å². The van der Waals surface area contributed by atoms with Gasteiger partial charge in [-0.1, -0.05) is 19.3 Å². The van der Waals surface area contributed by atoms with Gasteiger partial charge in [0.1, 0.15) is 0 Å². The van der Waals surface area contributed by atoms with Gasteiger partial charge in [0.15, 0.2) is 0 Å². The smallest absolute Gasteiger partial charge is 0.225 e. The lowest BCUT2D eigenvalue weighted by Crippen LogP contribution is -2.45. The molecule has 0 radical (unpaired) electrons. The molecule has 0 atom stereocenters. The molecule has 3 nitrogen and oxygen atoms in total. The summed E-state index contributed by atoms with van der Waals surface area (Å²) >= 11 is 0. The van der Waals surface area contributed by atoms with Crippen LogP contribution in [0.2, 0.25) is 0 Å².